The number of amides is 2. The van der Waals surface area contributed by atoms with Gasteiger partial charge in [0.1, 0.15) is 6.04 Å². The summed E-state index contributed by atoms with van der Waals surface area (Å²) in [4.78, 5) is 31.4. The van der Waals surface area contributed by atoms with Crippen LogP contribution in [0.15, 0.2) is 27.7 Å². The Morgan fingerprint density at radius 3 is 2.85 bits per heavy atom. The van der Waals surface area contributed by atoms with Gasteiger partial charge in [0, 0.05) is 23.1 Å². The van der Waals surface area contributed by atoms with Gasteiger partial charge in [-0.1, -0.05) is 29.8 Å². The van der Waals surface area contributed by atoms with Gasteiger partial charge in [0.15, 0.2) is 0 Å². The van der Waals surface area contributed by atoms with Crippen LogP contribution in [0.1, 0.15) is 32.3 Å². The Hall–Kier alpha value is -1.89. The van der Waals surface area contributed by atoms with Gasteiger partial charge in [-0.15, -0.1) is 0 Å². The molecule has 0 aromatic heterocycles. The summed E-state index contributed by atoms with van der Waals surface area (Å²) in [6, 6.07) is 5.47. The van der Waals surface area contributed by atoms with E-state index in [1.807, 2.05) is 30.9 Å². The van der Waals surface area contributed by atoms with Gasteiger partial charge >= 0.3 is 6.09 Å². The number of nitrogens with zero attached hydrogens (tertiary/aromatic N) is 2. The van der Waals surface area contributed by atoms with Crippen LogP contribution in [0.4, 0.5) is 10.5 Å². The van der Waals surface area contributed by atoms with E-state index in [4.69, 9.17) is 4.99 Å². The average molecular weight is 422 g/mol. The fourth-order valence-electron chi connectivity index (χ4n) is 3.64. The van der Waals surface area contributed by atoms with Gasteiger partial charge in [0.25, 0.3) is 0 Å². The van der Waals surface area contributed by atoms with Crippen molar-refractivity contribution in [2.45, 2.75) is 45.2 Å². The molecule has 0 bridgehead atoms. The van der Waals surface area contributed by atoms with E-state index in [1.54, 1.807) is 0 Å². The van der Waals surface area contributed by atoms with Gasteiger partial charge in [-0.05, 0) is 42.5 Å². The number of methoxy groups -OCH3 is 1. The number of ether oxygens (including phenoxy) is 1. The molecule has 2 amide bonds. The van der Waals surface area contributed by atoms with Gasteiger partial charge in [-0.3, -0.25) is 9.79 Å². The summed E-state index contributed by atoms with van der Waals surface area (Å²) in [5, 5.41) is 2.68. The second-order valence-corrected chi connectivity index (χ2v) is 8.02. The molecule has 26 heavy (non-hydrogen) atoms. The number of carbonyl (C=O) groups is 2. The van der Waals surface area contributed by atoms with E-state index in [1.165, 1.54) is 12.7 Å². The topological polar surface area (TPSA) is 71.0 Å². The van der Waals surface area contributed by atoms with Crippen molar-refractivity contribution in [3.63, 3.8) is 0 Å². The maximum Gasteiger partial charge on any atom is 0.407 e. The number of carbonyl (C=O) groups excluding carboxylic acids is 2. The van der Waals surface area contributed by atoms with Crippen molar-refractivity contribution in [2.24, 2.45) is 10.9 Å². The predicted molar refractivity (Wildman–Crippen MR) is 104 cm³/mol. The second-order valence-electron chi connectivity index (χ2n) is 7.10. The molecule has 7 heteroatoms. The van der Waals surface area contributed by atoms with Crippen molar-refractivity contribution >= 4 is 39.3 Å². The molecule has 1 fully saturated rings. The Bertz CT molecular complexity index is 748. The third kappa shape index (κ3) is 3.77. The Kier molecular flexibility index (Phi) is 5.65. The zero-order chi connectivity index (χ0) is 18.8. The number of halogens is 1. The van der Waals surface area contributed by atoms with E-state index in [0.29, 0.717) is 6.54 Å². The molecule has 1 aromatic rings. The van der Waals surface area contributed by atoms with Crippen LogP contribution in [-0.4, -0.2) is 48.4 Å². The summed E-state index contributed by atoms with van der Waals surface area (Å²) in [7, 11) is 1.30. The highest BCUT2D eigenvalue weighted by atomic mass is 79.9. The first-order chi connectivity index (χ1) is 12.4. The van der Waals surface area contributed by atoms with Gasteiger partial charge in [-0.25, -0.2) is 4.79 Å². The molecule has 3 rings (SSSR count). The molecule has 0 unspecified atom stereocenters. The van der Waals surface area contributed by atoms with Crippen LogP contribution in [0, 0.1) is 5.92 Å². The molecule has 0 spiro atoms. The number of hydrogen-bond donors (Lipinski definition) is 1. The maximum absolute atomic E-state index is 13.1. The molecule has 0 radical (unpaired) electrons. The molecule has 2 atom stereocenters. The smallest absolute Gasteiger partial charge is 0.407 e. The van der Waals surface area contributed by atoms with Crippen molar-refractivity contribution in [3.05, 3.63) is 28.2 Å². The van der Waals surface area contributed by atoms with Gasteiger partial charge < -0.3 is 15.0 Å². The van der Waals surface area contributed by atoms with E-state index < -0.39 is 12.1 Å². The largest absolute Gasteiger partial charge is 0.453 e. The Morgan fingerprint density at radius 1 is 1.38 bits per heavy atom. The minimum absolute atomic E-state index is 0.00521. The number of benzene rings is 1. The predicted octanol–water partition coefficient (Wildman–Crippen LogP) is 3.45. The lowest BCUT2D eigenvalue weighted by atomic mass is 10.00. The number of hydrogen-bond acceptors (Lipinski definition) is 4. The molecule has 1 saturated heterocycles. The minimum Gasteiger partial charge on any atom is -0.453 e. The molecule has 6 nitrogen and oxygen atoms in total. The molecule has 2 aliphatic heterocycles. The zero-order valence-corrected chi connectivity index (χ0v) is 16.9. The molecule has 2 heterocycles. The van der Waals surface area contributed by atoms with E-state index in [-0.39, 0.29) is 17.9 Å². The highest BCUT2D eigenvalue weighted by Gasteiger charge is 2.38. The molecule has 140 valence electrons. The fraction of sp³-hybridized carbons (Fsp3) is 0.526. The van der Waals surface area contributed by atoms with Gasteiger partial charge in [0.05, 0.1) is 18.8 Å². The number of alkyl carbamates (subject to hydrolysis) is 1. The first-order valence-electron chi connectivity index (χ1n) is 8.91. The highest BCUT2D eigenvalue weighted by Crippen LogP contribution is 2.33. The summed E-state index contributed by atoms with van der Waals surface area (Å²) < 4.78 is 5.71. The van der Waals surface area contributed by atoms with Crippen molar-refractivity contribution in [1.29, 1.82) is 0 Å². The van der Waals surface area contributed by atoms with Crippen molar-refractivity contribution in [1.82, 2.24) is 10.2 Å². The Labute approximate surface area is 162 Å². The van der Waals surface area contributed by atoms with Crippen molar-refractivity contribution in [2.75, 3.05) is 13.7 Å². The lowest BCUT2D eigenvalue weighted by Gasteiger charge is -2.30. The molecular formula is C19H24BrN3O3. The zero-order valence-electron chi connectivity index (χ0n) is 15.3. The van der Waals surface area contributed by atoms with E-state index in [2.05, 4.69) is 32.0 Å². The number of rotatable bonds is 4. The highest BCUT2D eigenvalue weighted by molar-refractivity contribution is 9.10. The van der Waals surface area contributed by atoms with Crippen LogP contribution in [0.2, 0.25) is 0 Å². The summed E-state index contributed by atoms with van der Waals surface area (Å²) in [5.41, 5.74) is 3.20. The Morgan fingerprint density at radius 2 is 2.15 bits per heavy atom. The van der Waals surface area contributed by atoms with Crippen molar-refractivity contribution in [3.8, 4) is 0 Å². The lowest BCUT2D eigenvalue weighted by molar-refractivity contribution is -0.134. The van der Waals surface area contributed by atoms with E-state index in [9.17, 15) is 9.59 Å². The van der Waals surface area contributed by atoms with Crippen LogP contribution in [0.5, 0.6) is 0 Å². The van der Waals surface area contributed by atoms with Crippen LogP contribution < -0.4 is 5.32 Å². The first kappa shape index (κ1) is 18.9. The number of fused-ring (bicyclic) bond motifs is 1. The van der Waals surface area contributed by atoms with E-state index >= 15 is 0 Å². The van der Waals surface area contributed by atoms with Gasteiger partial charge in [-0.2, -0.15) is 0 Å². The monoisotopic (exact) mass is 421 g/mol. The van der Waals surface area contributed by atoms with Crippen LogP contribution in [-0.2, 0) is 16.0 Å². The Balaban J connectivity index is 1.78. The summed E-state index contributed by atoms with van der Waals surface area (Å²) in [6.45, 7) is 4.53. The third-order valence-corrected chi connectivity index (χ3v) is 5.48. The van der Waals surface area contributed by atoms with Crippen LogP contribution in [0.3, 0.4) is 0 Å². The quantitative estimate of drug-likeness (QED) is 0.808. The van der Waals surface area contributed by atoms with Crippen LogP contribution >= 0.6 is 15.9 Å². The molecular weight excluding hydrogens is 398 g/mol. The van der Waals surface area contributed by atoms with E-state index in [0.717, 1.165) is 35.1 Å². The summed E-state index contributed by atoms with van der Waals surface area (Å²) >= 11 is 3.50. The average Bonchev–Trinajstić information content (AvgIpc) is 3.24. The molecule has 1 N–H and O–H groups in total. The SMILES string of the molecule is COC(=O)N[C@H](C(=O)N1CCC[C@H]1C1=Nc2ccc(Br)cc2C1)C(C)C. The lowest BCUT2D eigenvalue weighted by Crippen LogP contribution is -2.53. The number of nitrogens with one attached hydrogen (secondary N) is 1. The van der Waals surface area contributed by atoms with Gasteiger partial charge in [0.2, 0.25) is 5.91 Å². The first-order valence-corrected chi connectivity index (χ1v) is 9.71. The standard InChI is InChI=1S/C19H24BrN3O3/c1-11(2)17(22-19(25)26-3)18(24)23-8-4-5-16(23)15-10-12-9-13(20)6-7-14(12)21-15/h6-7,9,11,16-17H,4-5,8,10H2,1-3H3,(H,22,25)/t16-,17-/m0/s1. The normalized spacial score (nSPS) is 20.0. The molecule has 0 aliphatic carbocycles. The minimum atomic E-state index is -0.596. The fourth-order valence-corrected chi connectivity index (χ4v) is 4.05. The second kappa shape index (κ2) is 7.78. The number of aliphatic imine (C=N–C) groups is 1. The molecule has 0 saturated carbocycles. The van der Waals surface area contributed by atoms with Crippen LogP contribution in [0.25, 0.3) is 0 Å². The van der Waals surface area contributed by atoms with Crippen molar-refractivity contribution < 1.29 is 14.3 Å². The number of likely N-dealkylation sites (tertiary alicyclic amines) is 1. The summed E-state index contributed by atoms with van der Waals surface area (Å²) in [5.74, 6) is -0.0887. The molecule has 2 aliphatic rings. The third-order valence-electron chi connectivity index (χ3n) is 4.99. The molecule has 1 aromatic carbocycles. The maximum atomic E-state index is 13.1. The summed E-state index contributed by atoms with van der Waals surface area (Å²) in [6.07, 6.45) is 2.03.